The lowest BCUT2D eigenvalue weighted by atomic mass is 9.92. The van der Waals surface area contributed by atoms with Crippen molar-refractivity contribution < 1.29 is 9.59 Å². The Morgan fingerprint density at radius 1 is 1.00 bits per heavy atom. The van der Waals surface area contributed by atoms with Gasteiger partial charge in [-0.05, 0) is 59.6 Å². The molecular formula is C28H26N2O2S. The van der Waals surface area contributed by atoms with E-state index >= 15 is 0 Å². The minimum absolute atomic E-state index is 0.218. The molecule has 0 fully saturated rings. The zero-order valence-electron chi connectivity index (χ0n) is 18.5. The molecule has 2 aromatic carbocycles. The molecule has 0 saturated heterocycles. The Morgan fingerprint density at radius 3 is 2.48 bits per heavy atom. The number of allylic oxidation sites excluding steroid dienone is 3. The highest BCUT2D eigenvalue weighted by molar-refractivity contribution is 7.12. The number of benzene rings is 2. The second-order valence-electron chi connectivity index (χ2n) is 7.87. The van der Waals surface area contributed by atoms with E-state index in [0.717, 1.165) is 35.1 Å². The summed E-state index contributed by atoms with van der Waals surface area (Å²) in [5.74, 6) is -0.622. The molecule has 1 aliphatic carbocycles. The number of nitrogens with one attached hydrogen (secondary N) is 2. The molecule has 4 rings (SSSR count). The van der Waals surface area contributed by atoms with Crippen LogP contribution in [0.3, 0.4) is 0 Å². The smallest absolute Gasteiger partial charge is 0.268 e. The van der Waals surface area contributed by atoms with Crippen LogP contribution in [0.5, 0.6) is 0 Å². The van der Waals surface area contributed by atoms with Crippen LogP contribution >= 0.6 is 11.3 Å². The van der Waals surface area contributed by atoms with E-state index in [2.05, 4.69) is 22.8 Å². The van der Waals surface area contributed by atoms with Crippen molar-refractivity contribution in [1.82, 2.24) is 10.6 Å². The molecular weight excluding hydrogens is 428 g/mol. The molecule has 1 aromatic heterocycles. The molecule has 2 N–H and O–H groups in total. The lowest BCUT2D eigenvalue weighted by molar-refractivity contribution is -0.118. The molecule has 1 aliphatic rings. The van der Waals surface area contributed by atoms with Crippen LogP contribution in [0.2, 0.25) is 0 Å². The van der Waals surface area contributed by atoms with Crippen molar-refractivity contribution in [2.45, 2.75) is 25.8 Å². The summed E-state index contributed by atoms with van der Waals surface area (Å²) < 4.78 is 0. The molecule has 0 saturated carbocycles. The summed E-state index contributed by atoms with van der Waals surface area (Å²) in [6, 6.07) is 21.0. The minimum atomic E-state index is -0.326. The molecule has 0 spiro atoms. The maximum Gasteiger partial charge on any atom is 0.268 e. The topological polar surface area (TPSA) is 58.2 Å². The highest BCUT2D eigenvalue weighted by Gasteiger charge is 2.23. The number of carbonyl (C=O) groups excluding carboxylic acids is 2. The molecule has 0 bridgehead atoms. The average molecular weight is 455 g/mol. The van der Waals surface area contributed by atoms with Gasteiger partial charge in [-0.25, -0.2) is 0 Å². The van der Waals surface area contributed by atoms with E-state index in [1.165, 1.54) is 11.3 Å². The SMILES string of the molecule is Cc1ccccc1/C=C(\NC(=O)c1cccs1)C(=O)NC(C1=CC=CCC1)c1ccccc1. The predicted octanol–water partition coefficient (Wildman–Crippen LogP) is 5.96. The van der Waals surface area contributed by atoms with Crippen molar-refractivity contribution in [2.24, 2.45) is 0 Å². The fourth-order valence-corrected chi connectivity index (χ4v) is 4.38. The van der Waals surface area contributed by atoms with E-state index in [4.69, 9.17) is 0 Å². The Labute approximate surface area is 198 Å². The van der Waals surface area contributed by atoms with Crippen molar-refractivity contribution in [3.63, 3.8) is 0 Å². The highest BCUT2D eigenvalue weighted by Crippen LogP contribution is 2.28. The Morgan fingerprint density at radius 2 is 1.79 bits per heavy atom. The van der Waals surface area contributed by atoms with Crippen LogP contribution in [0.4, 0.5) is 0 Å². The first-order valence-corrected chi connectivity index (χ1v) is 11.8. The summed E-state index contributed by atoms with van der Waals surface area (Å²) in [6.45, 7) is 1.98. The van der Waals surface area contributed by atoms with Gasteiger partial charge in [0.1, 0.15) is 5.70 Å². The van der Waals surface area contributed by atoms with Gasteiger partial charge in [0.05, 0.1) is 10.9 Å². The zero-order valence-corrected chi connectivity index (χ0v) is 19.3. The maximum absolute atomic E-state index is 13.6. The van der Waals surface area contributed by atoms with Crippen LogP contribution in [0.15, 0.2) is 102 Å². The van der Waals surface area contributed by atoms with E-state index < -0.39 is 0 Å². The maximum atomic E-state index is 13.6. The van der Waals surface area contributed by atoms with Gasteiger partial charge in [0.25, 0.3) is 11.8 Å². The molecule has 2 amide bonds. The third kappa shape index (κ3) is 5.76. The summed E-state index contributed by atoms with van der Waals surface area (Å²) >= 11 is 1.34. The van der Waals surface area contributed by atoms with Crippen LogP contribution < -0.4 is 10.6 Å². The van der Waals surface area contributed by atoms with Gasteiger partial charge in [0.15, 0.2) is 0 Å². The first-order chi connectivity index (χ1) is 16.1. The van der Waals surface area contributed by atoms with Gasteiger partial charge in [0, 0.05) is 0 Å². The van der Waals surface area contributed by atoms with Gasteiger partial charge >= 0.3 is 0 Å². The Hall–Kier alpha value is -3.70. The van der Waals surface area contributed by atoms with Gasteiger partial charge in [-0.1, -0.05) is 78.9 Å². The van der Waals surface area contributed by atoms with Gasteiger partial charge in [-0.15, -0.1) is 11.3 Å². The van der Waals surface area contributed by atoms with E-state index in [-0.39, 0.29) is 23.6 Å². The van der Waals surface area contributed by atoms with Crippen LogP contribution in [0.25, 0.3) is 6.08 Å². The van der Waals surface area contributed by atoms with Crippen molar-refractivity contribution >= 4 is 29.2 Å². The summed E-state index contributed by atoms with van der Waals surface area (Å²) in [5, 5.41) is 7.86. The van der Waals surface area contributed by atoms with Crippen molar-refractivity contribution in [3.05, 3.63) is 123 Å². The van der Waals surface area contributed by atoms with E-state index in [1.54, 1.807) is 12.1 Å². The number of carbonyl (C=O) groups is 2. The fourth-order valence-electron chi connectivity index (χ4n) is 3.76. The van der Waals surface area contributed by atoms with E-state index in [0.29, 0.717) is 4.88 Å². The van der Waals surface area contributed by atoms with Crippen LogP contribution in [0, 0.1) is 6.92 Å². The number of amides is 2. The largest absolute Gasteiger partial charge is 0.340 e. The summed E-state index contributed by atoms with van der Waals surface area (Å²) in [6.07, 6.45) is 9.77. The summed E-state index contributed by atoms with van der Waals surface area (Å²) in [5.41, 5.74) is 4.26. The predicted molar refractivity (Wildman–Crippen MR) is 135 cm³/mol. The standard InChI is InChI=1S/C28H26N2O2S/c1-20-11-8-9-16-23(20)19-24(29-28(32)25-17-10-18-33-25)27(31)30-26(21-12-4-2-5-13-21)22-14-6-3-7-15-22/h2-6,8-14,16-19,26H,7,15H2,1H3,(H,29,32)(H,30,31)/b24-19-. The average Bonchev–Trinajstić information content (AvgIpc) is 3.40. The number of hydrogen-bond acceptors (Lipinski definition) is 3. The lowest BCUT2D eigenvalue weighted by Gasteiger charge is -2.24. The van der Waals surface area contributed by atoms with E-state index in [1.807, 2.05) is 79.0 Å². The third-order valence-electron chi connectivity index (χ3n) is 5.55. The number of rotatable bonds is 7. The Balaban J connectivity index is 1.67. The monoisotopic (exact) mass is 454 g/mol. The highest BCUT2D eigenvalue weighted by atomic mass is 32.1. The first kappa shape index (κ1) is 22.5. The summed E-state index contributed by atoms with van der Waals surface area (Å²) in [7, 11) is 0. The molecule has 3 aromatic rings. The molecule has 0 radical (unpaired) electrons. The van der Waals surface area contributed by atoms with E-state index in [9.17, 15) is 9.59 Å². The molecule has 1 atom stereocenters. The minimum Gasteiger partial charge on any atom is -0.340 e. The van der Waals surface area contributed by atoms with Crippen molar-refractivity contribution in [1.29, 1.82) is 0 Å². The van der Waals surface area contributed by atoms with Gasteiger partial charge in [0.2, 0.25) is 0 Å². The van der Waals surface area contributed by atoms with Crippen LogP contribution in [0.1, 0.15) is 45.2 Å². The van der Waals surface area contributed by atoms with Crippen LogP contribution in [-0.2, 0) is 4.79 Å². The lowest BCUT2D eigenvalue weighted by Crippen LogP contribution is -2.37. The molecule has 166 valence electrons. The van der Waals surface area contributed by atoms with Gasteiger partial charge in [-0.3, -0.25) is 9.59 Å². The quantitative estimate of drug-likeness (QED) is 0.433. The molecule has 1 heterocycles. The molecule has 1 unspecified atom stereocenters. The van der Waals surface area contributed by atoms with Gasteiger partial charge < -0.3 is 10.6 Å². The van der Waals surface area contributed by atoms with Crippen molar-refractivity contribution in [2.75, 3.05) is 0 Å². The zero-order chi connectivity index (χ0) is 23.0. The van der Waals surface area contributed by atoms with Crippen molar-refractivity contribution in [3.8, 4) is 0 Å². The second kappa shape index (κ2) is 10.7. The second-order valence-corrected chi connectivity index (χ2v) is 8.82. The third-order valence-corrected chi connectivity index (χ3v) is 6.42. The van der Waals surface area contributed by atoms with Crippen LogP contribution in [-0.4, -0.2) is 11.8 Å². The fraction of sp³-hybridized carbons (Fsp3) is 0.143. The number of aryl methyl sites for hydroxylation is 1. The molecule has 5 heteroatoms. The normalized spacial score (nSPS) is 14.3. The van der Waals surface area contributed by atoms with Gasteiger partial charge in [-0.2, -0.15) is 0 Å². The Bertz CT molecular complexity index is 1210. The first-order valence-electron chi connectivity index (χ1n) is 11.0. The molecule has 0 aliphatic heterocycles. The molecule has 33 heavy (non-hydrogen) atoms. The Kier molecular flexibility index (Phi) is 7.33. The number of thiophene rings is 1. The number of hydrogen-bond donors (Lipinski definition) is 2. The summed E-state index contributed by atoms with van der Waals surface area (Å²) in [4.78, 5) is 26.9. The molecule has 4 nitrogen and oxygen atoms in total.